The van der Waals surface area contributed by atoms with E-state index in [1.54, 1.807) is 11.8 Å². The fourth-order valence-electron chi connectivity index (χ4n) is 3.62. The highest BCUT2D eigenvalue weighted by molar-refractivity contribution is 7.98. The van der Waals surface area contributed by atoms with Crippen molar-refractivity contribution in [1.82, 2.24) is 30.4 Å². The summed E-state index contributed by atoms with van der Waals surface area (Å²) < 4.78 is 5.45. The molecule has 1 aliphatic rings. The molecule has 0 bridgehead atoms. The lowest BCUT2D eigenvalue weighted by Gasteiger charge is -2.25. The fraction of sp³-hybridized carbons (Fsp3) is 0.292. The molecular weight excluding hydrogens is 468 g/mol. The molecule has 34 heavy (non-hydrogen) atoms. The van der Waals surface area contributed by atoms with Gasteiger partial charge in [-0.25, -0.2) is 9.97 Å². The molecule has 8 nitrogen and oxygen atoms in total. The lowest BCUT2D eigenvalue weighted by atomic mass is 10.2. The van der Waals surface area contributed by atoms with E-state index in [9.17, 15) is 4.79 Å². The SMILES string of the molecule is O=C(NCc1ccccc1)c1nnc(CSc2nc(CN3CCOCC3)nc3ccccc23)s1. The Morgan fingerprint density at radius 1 is 1.03 bits per heavy atom. The Morgan fingerprint density at radius 3 is 2.68 bits per heavy atom. The van der Waals surface area contributed by atoms with Gasteiger partial charge in [0.25, 0.3) is 5.91 Å². The third kappa shape index (κ3) is 5.76. The first-order valence-electron chi connectivity index (χ1n) is 11.1. The van der Waals surface area contributed by atoms with Crippen LogP contribution in [0.5, 0.6) is 0 Å². The molecule has 0 radical (unpaired) electrons. The number of carbonyl (C=O) groups is 1. The Morgan fingerprint density at radius 2 is 1.82 bits per heavy atom. The molecule has 0 unspecified atom stereocenters. The fourth-order valence-corrected chi connectivity index (χ4v) is 5.40. The van der Waals surface area contributed by atoms with Crippen molar-refractivity contribution in [1.29, 1.82) is 0 Å². The van der Waals surface area contributed by atoms with Gasteiger partial charge >= 0.3 is 0 Å². The number of nitrogens with one attached hydrogen (secondary N) is 1. The van der Waals surface area contributed by atoms with Crippen LogP contribution in [-0.2, 0) is 23.6 Å². The molecule has 3 heterocycles. The van der Waals surface area contributed by atoms with Crippen LogP contribution in [0.1, 0.15) is 26.2 Å². The van der Waals surface area contributed by atoms with Crippen LogP contribution in [0.2, 0.25) is 0 Å². The molecular formula is C24H24N6O2S2. The number of hydrogen-bond acceptors (Lipinski definition) is 9. The Kier molecular flexibility index (Phi) is 7.40. The first-order valence-corrected chi connectivity index (χ1v) is 12.9. The van der Waals surface area contributed by atoms with E-state index >= 15 is 0 Å². The predicted octanol–water partition coefficient (Wildman–Crippen LogP) is 3.54. The summed E-state index contributed by atoms with van der Waals surface area (Å²) in [7, 11) is 0. The van der Waals surface area contributed by atoms with Gasteiger partial charge in [0, 0.05) is 25.0 Å². The summed E-state index contributed by atoms with van der Waals surface area (Å²) in [5.74, 6) is 1.18. The summed E-state index contributed by atoms with van der Waals surface area (Å²) in [6.07, 6.45) is 0. The van der Waals surface area contributed by atoms with Crippen molar-refractivity contribution in [3.05, 3.63) is 76.0 Å². The number of amides is 1. The van der Waals surface area contributed by atoms with Crippen molar-refractivity contribution in [3.8, 4) is 0 Å². The maximum Gasteiger partial charge on any atom is 0.282 e. The first kappa shape index (κ1) is 22.9. The number of aromatic nitrogens is 4. The highest BCUT2D eigenvalue weighted by Gasteiger charge is 2.16. The predicted molar refractivity (Wildman–Crippen MR) is 133 cm³/mol. The Labute approximate surface area is 205 Å². The maximum atomic E-state index is 12.5. The van der Waals surface area contributed by atoms with Crippen LogP contribution in [0.3, 0.4) is 0 Å². The minimum Gasteiger partial charge on any atom is -0.379 e. The van der Waals surface area contributed by atoms with Crippen molar-refractivity contribution in [3.63, 3.8) is 0 Å². The molecule has 2 aromatic carbocycles. The van der Waals surface area contributed by atoms with E-state index in [1.165, 1.54) is 11.3 Å². The number of nitrogens with zero attached hydrogens (tertiary/aromatic N) is 5. The van der Waals surface area contributed by atoms with Crippen LogP contribution in [0.25, 0.3) is 10.9 Å². The number of rotatable bonds is 8. The molecule has 0 aliphatic carbocycles. The minimum atomic E-state index is -0.210. The van der Waals surface area contributed by atoms with E-state index in [-0.39, 0.29) is 5.91 Å². The van der Waals surface area contributed by atoms with Gasteiger partial charge in [-0.05, 0) is 11.6 Å². The summed E-state index contributed by atoms with van der Waals surface area (Å²) >= 11 is 2.91. The molecule has 174 valence electrons. The molecule has 0 saturated carbocycles. The summed E-state index contributed by atoms with van der Waals surface area (Å²) in [4.78, 5) is 24.4. The van der Waals surface area contributed by atoms with Gasteiger partial charge in [0.2, 0.25) is 5.01 Å². The third-order valence-corrected chi connectivity index (χ3v) is 7.48. The van der Waals surface area contributed by atoms with Crippen LogP contribution in [0.15, 0.2) is 59.6 Å². The Hall–Kier alpha value is -2.92. The van der Waals surface area contributed by atoms with Crippen molar-refractivity contribution in [2.45, 2.75) is 23.9 Å². The van der Waals surface area contributed by atoms with E-state index < -0.39 is 0 Å². The Balaban J connectivity index is 1.25. The summed E-state index contributed by atoms with van der Waals surface area (Å²) in [5.41, 5.74) is 1.97. The van der Waals surface area contributed by atoms with E-state index in [0.717, 1.165) is 58.6 Å². The molecule has 10 heteroatoms. The van der Waals surface area contributed by atoms with E-state index in [0.29, 0.717) is 23.8 Å². The van der Waals surface area contributed by atoms with E-state index in [2.05, 4.69) is 20.4 Å². The van der Waals surface area contributed by atoms with Crippen molar-refractivity contribution >= 4 is 39.9 Å². The number of para-hydroxylation sites is 1. The van der Waals surface area contributed by atoms with Gasteiger partial charge in [-0.1, -0.05) is 71.6 Å². The summed E-state index contributed by atoms with van der Waals surface area (Å²) in [5, 5.41) is 14.3. The van der Waals surface area contributed by atoms with Gasteiger partial charge < -0.3 is 10.1 Å². The van der Waals surface area contributed by atoms with Crippen LogP contribution in [0.4, 0.5) is 0 Å². The number of hydrogen-bond donors (Lipinski definition) is 1. The molecule has 1 amide bonds. The average molecular weight is 493 g/mol. The number of fused-ring (bicyclic) bond motifs is 1. The molecule has 5 rings (SSSR count). The quantitative estimate of drug-likeness (QED) is 0.295. The van der Waals surface area contributed by atoms with Gasteiger partial charge in [0.05, 0.1) is 31.0 Å². The molecule has 1 saturated heterocycles. The molecule has 0 atom stereocenters. The van der Waals surface area contributed by atoms with Gasteiger partial charge in [0.15, 0.2) is 0 Å². The number of carbonyl (C=O) groups excluding carboxylic acids is 1. The molecule has 4 aromatic rings. The maximum absolute atomic E-state index is 12.5. The number of morpholine rings is 1. The second-order valence-corrected chi connectivity index (χ2v) is 9.83. The molecule has 1 N–H and O–H groups in total. The van der Waals surface area contributed by atoms with Crippen molar-refractivity contribution in [2.75, 3.05) is 26.3 Å². The van der Waals surface area contributed by atoms with Crippen molar-refractivity contribution in [2.24, 2.45) is 0 Å². The van der Waals surface area contributed by atoms with Gasteiger partial charge in [-0.3, -0.25) is 9.69 Å². The third-order valence-electron chi connectivity index (χ3n) is 5.37. The zero-order chi connectivity index (χ0) is 23.2. The van der Waals surface area contributed by atoms with E-state index in [4.69, 9.17) is 14.7 Å². The van der Waals surface area contributed by atoms with Crippen LogP contribution in [0, 0.1) is 0 Å². The van der Waals surface area contributed by atoms with Crippen LogP contribution < -0.4 is 5.32 Å². The Bertz CT molecular complexity index is 1260. The van der Waals surface area contributed by atoms with Crippen LogP contribution >= 0.6 is 23.1 Å². The summed E-state index contributed by atoms with van der Waals surface area (Å²) in [6.45, 7) is 4.42. The highest BCUT2D eigenvalue weighted by Crippen LogP contribution is 2.29. The van der Waals surface area contributed by atoms with Crippen LogP contribution in [-0.4, -0.2) is 57.3 Å². The second kappa shape index (κ2) is 11.0. The van der Waals surface area contributed by atoms with E-state index in [1.807, 2.05) is 54.6 Å². The van der Waals surface area contributed by atoms with Crippen molar-refractivity contribution < 1.29 is 9.53 Å². The second-order valence-electron chi connectivity index (χ2n) is 7.81. The minimum absolute atomic E-state index is 0.210. The number of thioether (sulfide) groups is 1. The molecule has 0 spiro atoms. The molecule has 2 aromatic heterocycles. The highest BCUT2D eigenvalue weighted by atomic mass is 32.2. The lowest BCUT2D eigenvalue weighted by Crippen LogP contribution is -2.36. The standard InChI is InChI=1S/C24H24N6O2S2/c31-22(25-14-17-6-2-1-3-7-17)24-29-28-21(34-24)16-33-23-18-8-4-5-9-19(18)26-20(27-23)15-30-10-12-32-13-11-30/h1-9H,10-16H2,(H,25,31). The van der Waals surface area contributed by atoms with Gasteiger partial charge in [0.1, 0.15) is 15.9 Å². The lowest BCUT2D eigenvalue weighted by molar-refractivity contribution is 0.0330. The van der Waals surface area contributed by atoms with Gasteiger partial charge in [-0.2, -0.15) is 0 Å². The average Bonchev–Trinajstić information content (AvgIpc) is 3.36. The zero-order valence-corrected chi connectivity index (χ0v) is 20.1. The first-order chi connectivity index (χ1) is 16.7. The van der Waals surface area contributed by atoms with Gasteiger partial charge in [-0.15, -0.1) is 10.2 Å². The molecule has 1 fully saturated rings. The smallest absolute Gasteiger partial charge is 0.282 e. The topological polar surface area (TPSA) is 93.1 Å². The zero-order valence-electron chi connectivity index (χ0n) is 18.5. The number of benzene rings is 2. The number of ether oxygens (including phenoxy) is 1. The largest absolute Gasteiger partial charge is 0.379 e. The monoisotopic (exact) mass is 492 g/mol. The normalized spacial score (nSPS) is 14.4. The summed E-state index contributed by atoms with van der Waals surface area (Å²) in [6, 6.07) is 17.8. The molecule has 1 aliphatic heterocycles.